The van der Waals surface area contributed by atoms with E-state index in [0.717, 1.165) is 11.6 Å². The van der Waals surface area contributed by atoms with E-state index in [0.29, 0.717) is 16.8 Å². The minimum Gasteiger partial charge on any atom is -0.396 e. The summed E-state index contributed by atoms with van der Waals surface area (Å²) in [5.41, 5.74) is 7.54. The van der Waals surface area contributed by atoms with E-state index >= 15 is 0 Å². The maximum absolute atomic E-state index is 5.96. The maximum atomic E-state index is 5.96. The van der Waals surface area contributed by atoms with Crippen molar-refractivity contribution in [1.82, 2.24) is 0 Å². The van der Waals surface area contributed by atoms with Gasteiger partial charge >= 0.3 is 0 Å². The zero-order chi connectivity index (χ0) is 10.8. The summed E-state index contributed by atoms with van der Waals surface area (Å²) in [6, 6.07) is 6.30. The molecule has 0 aliphatic heterocycles. The average molecular weight is 225 g/mol. The van der Waals surface area contributed by atoms with E-state index in [-0.39, 0.29) is 0 Å². The first-order chi connectivity index (χ1) is 7.16. The summed E-state index contributed by atoms with van der Waals surface area (Å²) < 4.78 is 0. The molecule has 2 unspecified atom stereocenters. The van der Waals surface area contributed by atoms with Crippen LogP contribution in [-0.4, -0.2) is 6.04 Å². The van der Waals surface area contributed by atoms with Gasteiger partial charge in [-0.3, -0.25) is 0 Å². The van der Waals surface area contributed by atoms with E-state index in [2.05, 4.69) is 12.2 Å². The monoisotopic (exact) mass is 224 g/mol. The van der Waals surface area contributed by atoms with Gasteiger partial charge in [-0.2, -0.15) is 0 Å². The largest absolute Gasteiger partial charge is 0.396 e. The van der Waals surface area contributed by atoms with Crippen LogP contribution in [0, 0.1) is 5.92 Å². The Balaban J connectivity index is 2.07. The summed E-state index contributed by atoms with van der Waals surface area (Å²) in [6.07, 6.45) is 3.76. The molecule has 3 N–H and O–H groups in total. The molecule has 0 heterocycles. The molecule has 2 atom stereocenters. The number of halogens is 1. The molecule has 0 bridgehead atoms. The number of nitrogens with two attached hydrogens (primary N) is 1. The lowest BCUT2D eigenvalue weighted by Crippen LogP contribution is -2.16. The van der Waals surface area contributed by atoms with E-state index in [1.807, 2.05) is 18.2 Å². The topological polar surface area (TPSA) is 38.0 Å². The Labute approximate surface area is 95.8 Å². The first-order valence-corrected chi connectivity index (χ1v) is 5.85. The molecule has 15 heavy (non-hydrogen) atoms. The molecule has 1 aliphatic carbocycles. The van der Waals surface area contributed by atoms with Crippen LogP contribution in [-0.2, 0) is 0 Å². The lowest BCUT2D eigenvalue weighted by atomic mass is 10.1. The molecule has 2 rings (SSSR count). The quantitative estimate of drug-likeness (QED) is 0.755. The number of nitrogens with one attached hydrogen (secondary N) is 1. The molecule has 1 aromatic rings. The number of rotatable bonds is 2. The molecule has 82 valence electrons. The predicted octanol–water partition coefficient (Wildman–Crippen LogP) is 3.52. The smallest absolute Gasteiger partial charge is 0.0739 e. The Hall–Kier alpha value is -0.890. The number of anilines is 2. The molecule has 1 saturated carbocycles. The summed E-state index contributed by atoms with van der Waals surface area (Å²) in [4.78, 5) is 0. The normalized spacial score (nSPS) is 25.5. The van der Waals surface area contributed by atoms with E-state index < -0.39 is 0 Å². The highest BCUT2D eigenvalue weighted by Gasteiger charge is 2.21. The minimum atomic E-state index is 0.556. The van der Waals surface area contributed by atoms with Gasteiger partial charge in [-0.1, -0.05) is 24.6 Å². The molecule has 0 radical (unpaired) electrons. The van der Waals surface area contributed by atoms with Gasteiger partial charge in [0.1, 0.15) is 0 Å². The van der Waals surface area contributed by atoms with Gasteiger partial charge in [0, 0.05) is 6.04 Å². The fourth-order valence-corrected chi connectivity index (χ4v) is 2.40. The molecule has 1 fully saturated rings. The summed E-state index contributed by atoms with van der Waals surface area (Å²) in [6.45, 7) is 2.29. The van der Waals surface area contributed by atoms with Gasteiger partial charge in [-0.15, -0.1) is 0 Å². The first-order valence-electron chi connectivity index (χ1n) is 5.47. The molecular weight excluding hydrogens is 208 g/mol. The van der Waals surface area contributed by atoms with Crippen LogP contribution in [0.3, 0.4) is 0 Å². The van der Waals surface area contributed by atoms with Gasteiger partial charge in [-0.05, 0) is 37.3 Å². The van der Waals surface area contributed by atoms with Crippen LogP contribution in [0.25, 0.3) is 0 Å². The second kappa shape index (κ2) is 4.31. The van der Waals surface area contributed by atoms with Crippen molar-refractivity contribution in [3.8, 4) is 0 Å². The van der Waals surface area contributed by atoms with E-state index in [9.17, 15) is 0 Å². The lowest BCUT2D eigenvalue weighted by molar-refractivity contribution is 0.603. The highest BCUT2D eigenvalue weighted by Crippen LogP contribution is 2.32. The van der Waals surface area contributed by atoms with Crippen LogP contribution in [0.2, 0.25) is 5.02 Å². The van der Waals surface area contributed by atoms with Crippen LogP contribution >= 0.6 is 11.6 Å². The van der Waals surface area contributed by atoms with Crippen LogP contribution in [0.5, 0.6) is 0 Å². The van der Waals surface area contributed by atoms with Crippen molar-refractivity contribution < 1.29 is 0 Å². The average Bonchev–Trinajstić information content (AvgIpc) is 2.59. The Morgan fingerprint density at radius 2 is 2.20 bits per heavy atom. The third kappa shape index (κ3) is 2.37. The van der Waals surface area contributed by atoms with Crippen molar-refractivity contribution >= 4 is 23.0 Å². The van der Waals surface area contributed by atoms with Gasteiger partial charge in [-0.25, -0.2) is 0 Å². The molecular formula is C12H17ClN2. The van der Waals surface area contributed by atoms with Crippen molar-refractivity contribution in [2.75, 3.05) is 11.1 Å². The second-order valence-electron chi connectivity index (χ2n) is 4.46. The fraction of sp³-hybridized carbons (Fsp3) is 0.500. The summed E-state index contributed by atoms with van der Waals surface area (Å²) >= 11 is 5.96. The molecule has 1 aliphatic rings. The third-order valence-corrected chi connectivity index (χ3v) is 3.44. The van der Waals surface area contributed by atoms with Gasteiger partial charge in [0.15, 0.2) is 0 Å². The zero-order valence-electron chi connectivity index (χ0n) is 8.96. The van der Waals surface area contributed by atoms with Crippen molar-refractivity contribution in [1.29, 1.82) is 0 Å². The molecule has 0 amide bonds. The molecule has 3 heteroatoms. The molecule has 2 nitrogen and oxygen atoms in total. The van der Waals surface area contributed by atoms with Crippen molar-refractivity contribution in [3.05, 3.63) is 23.2 Å². The summed E-state index contributed by atoms with van der Waals surface area (Å²) in [5, 5.41) is 4.10. The number of hydrogen-bond acceptors (Lipinski definition) is 2. The van der Waals surface area contributed by atoms with Crippen molar-refractivity contribution in [2.45, 2.75) is 32.2 Å². The van der Waals surface area contributed by atoms with Crippen molar-refractivity contribution in [3.63, 3.8) is 0 Å². The molecule has 0 spiro atoms. The van der Waals surface area contributed by atoms with Crippen LogP contribution in [0.15, 0.2) is 18.2 Å². The van der Waals surface area contributed by atoms with Crippen LogP contribution in [0.1, 0.15) is 26.2 Å². The molecule has 0 saturated heterocycles. The third-order valence-electron chi connectivity index (χ3n) is 3.11. The zero-order valence-corrected chi connectivity index (χ0v) is 9.72. The Bertz CT molecular complexity index is 351. The molecule has 0 aromatic heterocycles. The van der Waals surface area contributed by atoms with Gasteiger partial charge < -0.3 is 11.1 Å². The number of hydrogen-bond donors (Lipinski definition) is 2. The molecule has 1 aromatic carbocycles. The van der Waals surface area contributed by atoms with Gasteiger partial charge in [0.25, 0.3) is 0 Å². The van der Waals surface area contributed by atoms with Crippen LogP contribution in [0.4, 0.5) is 11.4 Å². The van der Waals surface area contributed by atoms with E-state index in [4.69, 9.17) is 17.3 Å². The lowest BCUT2D eigenvalue weighted by Gasteiger charge is -2.16. The summed E-state index contributed by atoms with van der Waals surface area (Å²) in [7, 11) is 0. The van der Waals surface area contributed by atoms with E-state index in [1.165, 1.54) is 19.3 Å². The van der Waals surface area contributed by atoms with Crippen molar-refractivity contribution in [2.24, 2.45) is 5.92 Å². The minimum absolute atomic E-state index is 0.556. The number of para-hydroxylation sites is 1. The predicted molar refractivity (Wildman–Crippen MR) is 66.3 cm³/mol. The standard InChI is InChI=1S/C12H17ClN2/c1-8-5-6-9(7-8)15-11-4-2-3-10(13)12(11)14/h2-4,8-9,15H,5-7,14H2,1H3. The number of nitrogen functional groups attached to an aromatic ring is 1. The highest BCUT2D eigenvalue weighted by atomic mass is 35.5. The van der Waals surface area contributed by atoms with Crippen LogP contribution < -0.4 is 11.1 Å². The summed E-state index contributed by atoms with van der Waals surface area (Å²) in [5.74, 6) is 0.822. The Kier molecular flexibility index (Phi) is 3.06. The van der Waals surface area contributed by atoms with Gasteiger partial charge in [0.2, 0.25) is 0 Å². The first kappa shape index (κ1) is 10.6. The fourth-order valence-electron chi connectivity index (χ4n) is 2.22. The number of benzene rings is 1. The maximum Gasteiger partial charge on any atom is 0.0739 e. The highest BCUT2D eigenvalue weighted by molar-refractivity contribution is 6.33. The SMILES string of the molecule is CC1CCC(Nc2cccc(Cl)c2N)C1. The second-order valence-corrected chi connectivity index (χ2v) is 4.87. The Morgan fingerprint density at radius 1 is 1.40 bits per heavy atom. The Morgan fingerprint density at radius 3 is 2.87 bits per heavy atom. The van der Waals surface area contributed by atoms with E-state index in [1.54, 1.807) is 0 Å². The van der Waals surface area contributed by atoms with Gasteiger partial charge in [0.05, 0.1) is 16.4 Å².